The van der Waals surface area contributed by atoms with E-state index in [2.05, 4.69) is 0 Å². The number of pyridine rings is 2. The van der Waals surface area contributed by atoms with E-state index < -0.39 is 0 Å². The molecular weight excluding hydrogens is 176 g/mol. The van der Waals surface area contributed by atoms with Crippen molar-refractivity contribution >= 4 is 5.52 Å². The lowest BCUT2D eigenvalue weighted by atomic mass is 10.2. The number of aryl methyl sites for hydroxylation is 1. The molecule has 0 unspecified atom stereocenters. The average molecular weight is 184 g/mol. The van der Waals surface area contributed by atoms with E-state index in [9.17, 15) is 4.79 Å². The Labute approximate surface area is 80.8 Å². The van der Waals surface area contributed by atoms with Gasteiger partial charge < -0.3 is 4.40 Å². The van der Waals surface area contributed by atoms with Crippen LogP contribution in [0.15, 0.2) is 35.3 Å². The molecule has 0 radical (unpaired) electrons. The maximum Gasteiger partial charge on any atom is 0.200 e. The molecule has 0 aliphatic rings. The van der Waals surface area contributed by atoms with Crippen LogP contribution in [0.1, 0.15) is 11.3 Å². The Kier molecular flexibility index (Phi) is 1.83. The predicted molar refractivity (Wildman–Crippen MR) is 53.1 cm³/mol. The molecule has 0 N–H and O–H groups in total. The highest BCUT2D eigenvalue weighted by molar-refractivity contribution is 5.60. The molecule has 0 amide bonds. The van der Waals surface area contributed by atoms with E-state index in [0.29, 0.717) is 5.52 Å². The maximum absolute atomic E-state index is 11.4. The number of hydrogen-bond donors (Lipinski definition) is 0. The molecule has 2 aromatic rings. The Bertz CT molecular complexity index is 590. The Morgan fingerprint density at radius 3 is 2.93 bits per heavy atom. The number of nitriles is 1. The Hall–Kier alpha value is -2.08. The molecule has 2 aromatic heterocycles. The minimum atomic E-state index is -0.212. The number of aromatic nitrogens is 1. The van der Waals surface area contributed by atoms with Crippen molar-refractivity contribution in [3.8, 4) is 6.07 Å². The van der Waals surface area contributed by atoms with Gasteiger partial charge >= 0.3 is 0 Å². The van der Waals surface area contributed by atoms with Crippen LogP contribution in [0.25, 0.3) is 5.52 Å². The zero-order valence-electron chi connectivity index (χ0n) is 7.69. The van der Waals surface area contributed by atoms with Gasteiger partial charge in [-0.15, -0.1) is 0 Å². The van der Waals surface area contributed by atoms with Crippen LogP contribution in [-0.4, -0.2) is 4.40 Å². The summed E-state index contributed by atoms with van der Waals surface area (Å²) >= 11 is 0. The first-order valence-electron chi connectivity index (χ1n) is 4.25. The molecule has 0 spiro atoms. The van der Waals surface area contributed by atoms with Gasteiger partial charge in [0.15, 0.2) is 5.43 Å². The van der Waals surface area contributed by atoms with E-state index in [0.717, 1.165) is 5.69 Å². The van der Waals surface area contributed by atoms with Crippen LogP contribution in [0.3, 0.4) is 0 Å². The fraction of sp³-hybridized carbons (Fsp3) is 0.0909. The monoisotopic (exact) mass is 184 g/mol. The summed E-state index contributed by atoms with van der Waals surface area (Å²) in [6.45, 7) is 1.84. The highest BCUT2D eigenvalue weighted by Gasteiger charge is 2.05. The smallest absolute Gasteiger partial charge is 0.200 e. The summed E-state index contributed by atoms with van der Waals surface area (Å²) in [6, 6.07) is 8.86. The third-order valence-corrected chi connectivity index (χ3v) is 2.19. The van der Waals surface area contributed by atoms with Crippen LogP contribution >= 0.6 is 0 Å². The molecule has 3 heteroatoms. The maximum atomic E-state index is 11.4. The first kappa shape index (κ1) is 8.52. The number of fused-ring (bicyclic) bond motifs is 1. The van der Waals surface area contributed by atoms with Crippen molar-refractivity contribution in [3.63, 3.8) is 0 Å². The second-order valence-electron chi connectivity index (χ2n) is 3.09. The van der Waals surface area contributed by atoms with Gasteiger partial charge in [0.05, 0.1) is 5.52 Å². The van der Waals surface area contributed by atoms with Gasteiger partial charge in [0, 0.05) is 18.0 Å². The van der Waals surface area contributed by atoms with Crippen LogP contribution in [0, 0.1) is 18.3 Å². The van der Waals surface area contributed by atoms with E-state index in [1.54, 1.807) is 6.07 Å². The molecule has 0 fully saturated rings. The first-order chi connectivity index (χ1) is 6.74. The Morgan fingerprint density at radius 1 is 1.43 bits per heavy atom. The van der Waals surface area contributed by atoms with Crippen LogP contribution < -0.4 is 5.43 Å². The highest BCUT2D eigenvalue weighted by atomic mass is 16.1. The van der Waals surface area contributed by atoms with Crippen molar-refractivity contribution < 1.29 is 0 Å². The fourth-order valence-corrected chi connectivity index (χ4v) is 1.52. The van der Waals surface area contributed by atoms with E-state index >= 15 is 0 Å². The summed E-state index contributed by atoms with van der Waals surface area (Å²) in [5, 5.41) is 8.84. The molecule has 0 atom stereocenters. The normalized spacial score (nSPS) is 10.0. The van der Waals surface area contributed by atoms with Crippen molar-refractivity contribution in [1.29, 1.82) is 5.26 Å². The quantitative estimate of drug-likeness (QED) is 0.622. The number of nitrogens with zero attached hydrogens (tertiary/aromatic N) is 2. The molecule has 68 valence electrons. The van der Waals surface area contributed by atoms with Gasteiger partial charge in [0.25, 0.3) is 0 Å². The molecule has 0 aromatic carbocycles. The lowest BCUT2D eigenvalue weighted by Crippen LogP contribution is -2.10. The van der Waals surface area contributed by atoms with E-state index in [4.69, 9.17) is 5.26 Å². The standard InChI is InChI=1S/C11H8N2O/c1-8-6-11(14)9(7-12)10-4-2-3-5-13(8)10/h2-6H,1H3. The molecular formula is C11H8N2O. The Morgan fingerprint density at radius 2 is 2.21 bits per heavy atom. The van der Waals surface area contributed by atoms with Crippen LogP contribution in [0.4, 0.5) is 0 Å². The third-order valence-electron chi connectivity index (χ3n) is 2.19. The molecule has 14 heavy (non-hydrogen) atoms. The number of hydrogen-bond acceptors (Lipinski definition) is 2. The van der Waals surface area contributed by atoms with Gasteiger partial charge in [-0.25, -0.2) is 0 Å². The van der Waals surface area contributed by atoms with E-state index in [1.165, 1.54) is 6.07 Å². The minimum Gasteiger partial charge on any atom is -0.320 e. The van der Waals surface area contributed by atoms with Crippen LogP contribution in [-0.2, 0) is 0 Å². The van der Waals surface area contributed by atoms with Gasteiger partial charge in [-0.1, -0.05) is 6.07 Å². The molecule has 0 saturated heterocycles. The summed E-state index contributed by atoms with van der Waals surface area (Å²) in [6.07, 6.45) is 1.84. The van der Waals surface area contributed by atoms with Gasteiger partial charge in [0.1, 0.15) is 11.6 Å². The van der Waals surface area contributed by atoms with E-state index in [-0.39, 0.29) is 11.0 Å². The SMILES string of the molecule is Cc1cc(=O)c(C#N)c2ccccn12. The van der Waals surface area contributed by atoms with Crippen molar-refractivity contribution in [2.45, 2.75) is 6.92 Å². The summed E-state index contributed by atoms with van der Waals surface area (Å²) in [5.41, 5.74) is 1.50. The van der Waals surface area contributed by atoms with Crippen molar-refractivity contribution in [2.24, 2.45) is 0 Å². The third kappa shape index (κ3) is 1.09. The van der Waals surface area contributed by atoms with Gasteiger partial charge in [-0.3, -0.25) is 4.79 Å². The fourth-order valence-electron chi connectivity index (χ4n) is 1.52. The zero-order chi connectivity index (χ0) is 10.1. The summed E-state index contributed by atoms with van der Waals surface area (Å²) in [7, 11) is 0. The molecule has 0 bridgehead atoms. The molecule has 3 nitrogen and oxygen atoms in total. The van der Waals surface area contributed by atoms with Crippen LogP contribution in [0.5, 0.6) is 0 Å². The first-order valence-corrected chi connectivity index (χ1v) is 4.25. The summed E-state index contributed by atoms with van der Waals surface area (Å²) in [4.78, 5) is 11.4. The summed E-state index contributed by atoms with van der Waals surface area (Å²) < 4.78 is 1.83. The number of rotatable bonds is 0. The topological polar surface area (TPSA) is 45.3 Å². The molecule has 0 aliphatic carbocycles. The van der Waals surface area contributed by atoms with E-state index in [1.807, 2.05) is 35.7 Å². The highest BCUT2D eigenvalue weighted by Crippen LogP contribution is 2.07. The molecule has 0 saturated carbocycles. The van der Waals surface area contributed by atoms with Gasteiger partial charge in [-0.05, 0) is 19.1 Å². The largest absolute Gasteiger partial charge is 0.320 e. The van der Waals surface area contributed by atoms with Gasteiger partial charge in [-0.2, -0.15) is 5.26 Å². The lowest BCUT2D eigenvalue weighted by molar-refractivity contribution is 1.06. The second kappa shape index (κ2) is 3.00. The van der Waals surface area contributed by atoms with Crippen LogP contribution in [0.2, 0.25) is 0 Å². The predicted octanol–water partition coefficient (Wildman–Crippen LogP) is 1.48. The lowest BCUT2D eigenvalue weighted by Gasteiger charge is -2.05. The van der Waals surface area contributed by atoms with Gasteiger partial charge in [0.2, 0.25) is 0 Å². The van der Waals surface area contributed by atoms with Crippen molar-refractivity contribution in [2.75, 3.05) is 0 Å². The zero-order valence-corrected chi connectivity index (χ0v) is 7.69. The molecule has 2 heterocycles. The van der Waals surface area contributed by atoms with Crippen molar-refractivity contribution in [1.82, 2.24) is 4.40 Å². The summed E-state index contributed by atoms with van der Waals surface area (Å²) in [5.74, 6) is 0. The van der Waals surface area contributed by atoms with Crippen molar-refractivity contribution in [3.05, 3.63) is 51.9 Å². The molecule has 2 rings (SSSR count). The second-order valence-corrected chi connectivity index (χ2v) is 3.09. The molecule has 0 aliphatic heterocycles. The minimum absolute atomic E-state index is 0.205. The average Bonchev–Trinajstić information content (AvgIpc) is 2.18. The Balaban J connectivity index is 3.08.